The number of hydrogen-bond acceptors (Lipinski definition) is 3. The average molecular weight is 263 g/mol. The second kappa shape index (κ2) is 6.92. The van der Waals surface area contributed by atoms with Crippen LogP contribution < -0.4 is 4.74 Å². The third-order valence-electron chi connectivity index (χ3n) is 3.67. The van der Waals surface area contributed by atoms with Crippen molar-refractivity contribution in [3.8, 4) is 5.75 Å². The van der Waals surface area contributed by atoms with E-state index >= 15 is 0 Å². The molecule has 3 heteroatoms. The zero-order chi connectivity index (χ0) is 13.7. The third kappa shape index (κ3) is 3.95. The largest absolute Gasteiger partial charge is 0.491 e. The van der Waals surface area contributed by atoms with Crippen molar-refractivity contribution < 1.29 is 9.84 Å². The fourth-order valence-corrected chi connectivity index (χ4v) is 2.70. The van der Waals surface area contributed by atoms with Gasteiger partial charge in [-0.2, -0.15) is 0 Å². The highest BCUT2D eigenvalue weighted by atomic mass is 16.5. The maximum atomic E-state index is 9.48. The Labute approximate surface area is 116 Å². The maximum absolute atomic E-state index is 9.48. The van der Waals surface area contributed by atoms with Gasteiger partial charge in [0.05, 0.1) is 12.7 Å². The summed E-state index contributed by atoms with van der Waals surface area (Å²) in [4.78, 5) is 2.38. The summed E-state index contributed by atoms with van der Waals surface area (Å²) in [7, 11) is 0. The van der Waals surface area contributed by atoms with E-state index in [0.717, 1.165) is 25.3 Å². The molecule has 1 aromatic rings. The Morgan fingerprint density at radius 2 is 2.11 bits per heavy atom. The van der Waals surface area contributed by atoms with E-state index in [1.165, 1.54) is 18.4 Å². The lowest BCUT2D eigenvalue weighted by molar-refractivity contribution is 0.0828. The molecule has 1 aliphatic heterocycles. The number of hydrogen-bond donors (Lipinski definition) is 1. The van der Waals surface area contributed by atoms with Gasteiger partial charge in [0, 0.05) is 18.2 Å². The van der Waals surface area contributed by atoms with Crippen LogP contribution in [0.5, 0.6) is 5.75 Å². The smallest absolute Gasteiger partial charge is 0.124 e. The number of aliphatic hydroxyl groups excluding tert-OH is 1. The molecule has 1 unspecified atom stereocenters. The van der Waals surface area contributed by atoms with Gasteiger partial charge in [-0.3, -0.25) is 4.90 Å². The number of benzene rings is 1. The van der Waals surface area contributed by atoms with Crippen LogP contribution in [0, 0.1) is 0 Å². The highest BCUT2D eigenvalue weighted by molar-refractivity contribution is 5.33. The van der Waals surface area contributed by atoms with E-state index in [9.17, 15) is 5.11 Å². The number of para-hydroxylation sites is 1. The Kier molecular flexibility index (Phi) is 5.23. The van der Waals surface area contributed by atoms with Gasteiger partial charge in [0.2, 0.25) is 0 Å². The number of aliphatic hydroxyl groups is 1. The molecule has 1 N–H and O–H groups in total. The van der Waals surface area contributed by atoms with Crippen molar-refractivity contribution in [2.45, 2.75) is 51.8 Å². The number of rotatable bonds is 5. The predicted molar refractivity (Wildman–Crippen MR) is 77.3 cm³/mol. The Morgan fingerprint density at radius 3 is 2.84 bits per heavy atom. The summed E-state index contributed by atoms with van der Waals surface area (Å²) in [6, 6.07) is 8.54. The van der Waals surface area contributed by atoms with Gasteiger partial charge in [-0.1, -0.05) is 24.6 Å². The molecule has 1 heterocycles. The first kappa shape index (κ1) is 14.4. The molecule has 1 fully saturated rings. The summed E-state index contributed by atoms with van der Waals surface area (Å²) in [5.74, 6) is 0.972. The lowest BCUT2D eigenvalue weighted by Crippen LogP contribution is -2.41. The molecule has 3 nitrogen and oxygen atoms in total. The highest BCUT2D eigenvalue weighted by Crippen LogP contribution is 2.25. The molecule has 0 saturated carbocycles. The van der Waals surface area contributed by atoms with Gasteiger partial charge in [0.1, 0.15) is 5.75 Å². The Bertz CT molecular complexity index is 392. The molecule has 0 bridgehead atoms. The molecular weight excluding hydrogens is 238 g/mol. The Morgan fingerprint density at radius 1 is 1.32 bits per heavy atom. The molecule has 1 saturated heterocycles. The topological polar surface area (TPSA) is 32.7 Å². The number of likely N-dealkylation sites (tertiary alicyclic amines) is 1. The molecule has 106 valence electrons. The first-order valence-corrected chi connectivity index (χ1v) is 7.30. The van der Waals surface area contributed by atoms with E-state index in [0.29, 0.717) is 6.04 Å². The van der Waals surface area contributed by atoms with Gasteiger partial charge in [0.25, 0.3) is 0 Å². The lowest BCUT2D eigenvalue weighted by Gasteiger charge is -2.35. The van der Waals surface area contributed by atoms with Crippen molar-refractivity contribution in [1.82, 2.24) is 4.90 Å². The van der Waals surface area contributed by atoms with Gasteiger partial charge in [-0.05, 0) is 39.3 Å². The second-order valence-corrected chi connectivity index (χ2v) is 5.58. The molecule has 1 atom stereocenters. The summed E-state index contributed by atoms with van der Waals surface area (Å²) in [5.41, 5.74) is 1.22. The van der Waals surface area contributed by atoms with E-state index in [4.69, 9.17) is 4.74 Å². The van der Waals surface area contributed by atoms with Crippen LogP contribution >= 0.6 is 0 Å². The molecule has 0 aliphatic carbocycles. The van der Waals surface area contributed by atoms with Crippen molar-refractivity contribution in [3.05, 3.63) is 29.8 Å². The molecular formula is C16H25NO2. The minimum Gasteiger partial charge on any atom is -0.491 e. The summed E-state index contributed by atoms with van der Waals surface area (Å²) in [6.07, 6.45) is 3.75. The number of piperidine rings is 1. The molecule has 2 rings (SSSR count). The maximum Gasteiger partial charge on any atom is 0.124 e. The van der Waals surface area contributed by atoms with Gasteiger partial charge >= 0.3 is 0 Å². The van der Waals surface area contributed by atoms with Crippen LogP contribution in [-0.2, 0) is 6.54 Å². The molecule has 0 radical (unpaired) electrons. The van der Waals surface area contributed by atoms with Crippen molar-refractivity contribution in [3.63, 3.8) is 0 Å². The number of ether oxygens (including phenoxy) is 1. The molecule has 1 aromatic carbocycles. The van der Waals surface area contributed by atoms with Crippen molar-refractivity contribution in [2.24, 2.45) is 0 Å². The number of nitrogens with zero attached hydrogens (tertiary/aromatic N) is 1. The summed E-state index contributed by atoms with van der Waals surface area (Å²) < 4.78 is 5.87. The zero-order valence-electron chi connectivity index (χ0n) is 12.0. The van der Waals surface area contributed by atoms with Crippen LogP contribution in [0.2, 0.25) is 0 Å². The highest BCUT2D eigenvalue weighted by Gasteiger charge is 2.22. The molecule has 0 spiro atoms. The van der Waals surface area contributed by atoms with E-state index in [-0.39, 0.29) is 12.7 Å². The fourth-order valence-electron chi connectivity index (χ4n) is 2.70. The van der Waals surface area contributed by atoms with Crippen LogP contribution in [0.1, 0.15) is 38.7 Å². The molecule has 0 aromatic heterocycles. The monoisotopic (exact) mass is 263 g/mol. The van der Waals surface area contributed by atoms with Crippen molar-refractivity contribution >= 4 is 0 Å². The quantitative estimate of drug-likeness (QED) is 0.886. The Balaban J connectivity index is 2.08. The molecule has 19 heavy (non-hydrogen) atoms. The first-order valence-electron chi connectivity index (χ1n) is 7.30. The minimum atomic E-state index is 0.191. The molecule has 1 aliphatic rings. The van der Waals surface area contributed by atoms with E-state index in [2.05, 4.69) is 17.0 Å². The van der Waals surface area contributed by atoms with Crippen LogP contribution in [0.3, 0.4) is 0 Å². The lowest BCUT2D eigenvalue weighted by atomic mass is 10.0. The van der Waals surface area contributed by atoms with Crippen LogP contribution in [-0.4, -0.2) is 35.3 Å². The van der Waals surface area contributed by atoms with Gasteiger partial charge in [0.15, 0.2) is 0 Å². The first-order chi connectivity index (χ1) is 9.20. The normalized spacial score (nSPS) is 20.7. The van der Waals surface area contributed by atoms with Crippen LogP contribution in [0.4, 0.5) is 0 Å². The standard InChI is InChI=1S/C16H25NO2/c1-13(2)19-16-9-4-3-7-14(16)11-17-10-6-5-8-15(17)12-18/h3-4,7,9,13,15,18H,5-6,8,10-12H2,1-2H3. The van der Waals surface area contributed by atoms with Gasteiger partial charge in [-0.25, -0.2) is 0 Å². The minimum absolute atomic E-state index is 0.191. The fraction of sp³-hybridized carbons (Fsp3) is 0.625. The van der Waals surface area contributed by atoms with E-state index in [1.807, 2.05) is 26.0 Å². The predicted octanol–water partition coefficient (Wildman–Crippen LogP) is 2.82. The van der Waals surface area contributed by atoms with E-state index in [1.54, 1.807) is 0 Å². The summed E-state index contributed by atoms with van der Waals surface area (Å²) in [6.45, 7) is 6.30. The van der Waals surface area contributed by atoms with Crippen LogP contribution in [0.25, 0.3) is 0 Å². The average Bonchev–Trinajstić information content (AvgIpc) is 2.41. The van der Waals surface area contributed by atoms with Gasteiger partial charge < -0.3 is 9.84 Å². The SMILES string of the molecule is CC(C)Oc1ccccc1CN1CCCCC1CO. The summed E-state index contributed by atoms with van der Waals surface area (Å²) >= 11 is 0. The van der Waals surface area contributed by atoms with Crippen LogP contribution in [0.15, 0.2) is 24.3 Å². The Hall–Kier alpha value is -1.06. The zero-order valence-corrected chi connectivity index (χ0v) is 12.0. The van der Waals surface area contributed by atoms with Crippen molar-refractivity contribution in [2.75, 3.05) is 13.2 Å². The third-order valence-corrected chi connectivity index (χ3v) is 3.67. The van der Waals surface area contributed by atoms with E-state index < -0.39 is 0 Å². The summed E-state index contributed by atoms with van der Waals surface area (Å²) in [5, 5.41) is 9.48. The van der Waals surface area contributed by atoms with Crippen molar-refractivity contribution in [1.29, 1.82) is 0 Å². The molecule has 0 amide bonds. The second-order valence-electron chi connectivity index (χ2n) is 5.58. The van der Waals surface area contributed by atoms with Gasteiger partial charge in [-0.15, -0.1) is 0 Å².